The number of oxime groups is 1. The smallest absolute Gasteiger partial charge is 0.289 e. The van der Waals surface area contributed by atoms with Gasteiger partial charge in [-0.2, -0.15) is 0 Å². The SMILES string of the molecule is C=NOC(C(=O)NC(C)C)=C(C)C. The number of nitrogens with zero attached hydrogens (tertiary/aromatic N) is 1. The molecule has 4 heteroatoms. The van der Waals surface area contributed by atoms with Gasteiger partial charge in [0.1, 0.15) is 0 Å². The Morgan fingerprint density at radius 1 is 1.46 bits per heavy atom. The molecule has 0 aliphatic carbocycles. The number of nitrogens with one attached hydrogen (secondary N) is 1. The predicted octanol–water partition coefficient (Wildman–Crippen LogP) is 1.44. The molecule has 0 atom stereocenters. The summed E-state index contributed by atoms with van der Waals surface area (Å²) in [5.74, 6) is -0.0499. The summed E-state index contributed by atoms with van der Waals surface area (Å²) in [6.07, 6.45) is 0. The maximum atomic E-state index is 11.4. The molecule has 0 saturated heterocycles. The molecule has 0 aromatic heterocycles. The first kappa shape index (κ1) is 11.7. The molecule has 0 heterocycles. The number of carbonyl (C=O) groups excluding carboxylic acids is 1. The van der Waals surface area contributed by atoms with Crippen LogP contribution in [0.3, 0.4) is 0 Å². The molecule has 0 rings (SSSR count). The summed E-state index contributed by atoms with van der Waals surface area (Å²) in [5.41, 5.74) is 0.769. The third kappa shape index (κ3) is 4.30. The van der Waals surface area contributed by atoms with Gasteiger partial charge in [-0.15, -0.1) is 0 Å². The highest BCUT2D eigenvalue weighted by Gasteiger charge is 2.13. The fourth-order valence-corrected chi connectivity index (χ4v) is 0.752. The van der Waals surface area contributed by atoms with Gasteiger partial charge < -0.3 is 10.2 Å². The molecule has 74 valence electrons. The van der Waals surface area contributed by atoms with Crippen LogP contribution in [0.25, 0.3) is 0 Å². The summed E-state index contributed by atoms with van der Waals surface area (Å²) in [5, 5.41) is 5.92. The fraction of sp³-hybridized carbons (Fsp3) is 0.556. The molecule has 4 nitrogen and oxygen atoms in total. The molecule has 0 unspecified atom stereocenters. The summed E-state index contributed by atoms with van der Waals surface area (Å²) in [4.78, 5) is 16.2. The Balaban J connectivity index is 4.49. The zero-order chi connectivity index (χ0) is 10.4. The molecule has 0 aromatic carbocycles. The van der Waals surface area contributed by atoms with Crippen LogP contribution in [0.2, 0.25) is 0 Å². The highest BCUT2D eigenvalue weighted by molar-refractivity contribution is 5.92. The maximum absolute atomic E-state index is 11.4. The summed E-state index contributed by atoms with van der Waals surface area (Å²) in [7, 11) is 0. The topological polar surface area (TPSA) is 50.7 Å². The lowest BCUT2D eigenvalue weighted by molar-refractivity contribution is -0.121. The van der Waals surface area contributed by atoms with Crippen LogP contribution in [0.5, 0.6) is 0 Å². The second-order valence-corrected chi connectivity index (χ2v) is 3.18. The van der Waals surface area contributed by atoms with Gasteiger partial charge in [-0.1, -0.05) is 5.16 Å². The number of hydrogen-bond acceptors (Lipinski definition) is 3. The van der Waals surface area contributed by atoms with E-state index in [0.717, 1.165) is 5.57 Å². The molecule has 0 spiro atoms. The van der Waals surface area contributed by atoms with E-state index in [1.807, 2.05) is 13.8 Å². The molecule has 0 fully saturated rings. The van der Waals surface area contributed by atoms with Crippen molar-refractivity contribution in [3.05, 3.63) is 11.3 Å². The van der Waals surface area contributed by atoms with Crippen LogP contribution >= 0.6 is 0 Å². The Kier molecular flexibility index (Phi) is 4.80. The first-order valence-electron chi connectivity index (χ1n) is 4.10. The van der Waals surface area contributed by atoms with Crippen molar-refractivity contribution < 1.29 is 9.63 Å². The Hall–Kier alpha value is -1.32. The summed E-state index contributed by atoms with van der Waals surface area (Å²) >= 11 is 0. The van der Waals surface area contributed by atoms with Gasteiger partial charge >= 0.3 is 0 Å². The van der Waals surface area contributed by atoms with Crippen LogP contribution in [-0.4, -0.2) is 18.7 Å². The molecule has 0 aliphatic rings. The minimum Gasteiger partial charge on any atom is -0.352 e. The zero-order valence-corrected chi connectivity index (χ0v) is 8.55. The van der Waals surface area contributed by atoms with Crippen LogP contribution in [0.4, 0.5) is 0 Å². The third-order valence-corrected chi connectivity index (χ3v) is 1.24. The molecule has 13 heavy (non-hydrogen) atoms. The van der Waals surface area contributed by atoms with Gasteiger partial charge in [0, 0.05) is 12.8 Å². The van der Waals surface area contributed by atoms with Crippen molar-refractivity contribution in [1.29, 1.82) is 0 Å². The molecule has 0 radical (unpaired) electrons. The third-order valence-electron chi connectivity index (χ3n) is 1.24. The first-order valence-corrected chi connectivity index (χ1v) is 4.10. The summed E-state index contributed by atoms with van der Waals surface area (Å²) in [6.45, 7) is 10.5. The monoisotopic (exact) mass is 184 g/mol. The molecule has 0 saturated carbocycles. The summed E-state index contributed by atoms with van der Waals surface area (Å²) < 4.78 is 0. The highest BCUT2D eigenvalue weighted by atomic mass is 16.6. The lowest BCUT2D eigenvalue weighted by atomic mass is 10.2. The van der Waals surface area contributed by atoms with Crippen molar-refractivity contribution in [2.75, 3.05) is 0 Å². The normalized spacial score (nSPS) is 9.31. The lowest BCUT2D eigenvalue weighted by Crippen LogP contribution is -2.32. The minimum absolute atomic E-state index is 0.0789. The quantitative estimate of drug-likeness (QED) is 0.311. The molecular formula is C9H16N2O2. The van der Waals surface area contributed by atoms with E-state index in [0.29, 0.717) is 0 Å². The molecule has 0 aromatic rings. The Labute approximate surface area is 78.6 Å². The second-order valence-electron chi connectivity index (χ2n) is 3.18. The number of rotatable bonds is 4. The van der Waals surface area contributed by atoms with E-state index in [-0.39, 0.29) is 17.7 Å². The van der Waals surface area contributed by atoms with Gasteiger partial charge in [0.15, 0.2) is 0 Å². The molecule has 1 amide bonds. The maximum Gasteiger partial charge on any atom is 0.289 e. The lowest BCUT2D eigenvalue weighted by Gasteiger charge is -2.10. The average Bonchev–Trinajstić information content (AvgIpc) is 1.97. The largest absolute Gasteiger partial charge is 0.352 e. The van der Waals surface area contributed by atoms with E-state index >= 15 is 0 Å². The fourth-order valence-electron chi connectivity index (χ4n) is 0.752. The van der Waals surface area contributed by atoms with Crippen LogP contribution in [0.15, 0.2) is 16.5 Å². The molecule has 1 N–H and O–H groups in total. The van der Waals surface area contributed by atoms with Crippen molar-refractivity contribution in [1.82, 2.24) is 5.32 Å². The molecule has 0 bridgehead atoms. The summed E-state index contributed by atoms with van der Waals surface area (Å²) in [6, 6.07) is 0.0789. The first-order chi connectivity index (χ1) is 5.99. The predicted molar refractivity (Wildman–Crippen MR) is 52.3 cm³/mol. The van der Waals surface area contributed by atoms with Crippen LogP contribution in [0, 0.1) is 0 Å². The van der Waals surface area contributed by atoms with Gasteiger partial charge in [0.05, 0.1) is 0 Å². The van der Waals surface area contributed by atoms with Crippen LogP contribution in [-0.2, 0) is 9.63 Å². The second kappa shape index (κ2) is 5.35. The van der Waals surface area contributed by atoms with E-state index in [1.165, 1.54) is 0 Å². The van der Waals surface area contributed by atoms with Gasteiger partial charge in [-0.05, 0) is 33.3 Å². The molecule has 0 aliphatic heterocycles. The number of hydrogen-bond donors (Lipinski definition) is 1. The van der Waals surface area contributed by atoms with E-state index in [9.17, 15) is 4.79 Å². The Morgan fingerprint density at radius 3 is 2.31 bits per heavy atom. The van der Waals surface area contributed by atoms with E-state index in [4.69, 9.17) is 4.84 Å². The van der Waals surface area contributed by atoms with Gasteiger partial charge in [0.2, 0.25) is 5.76 Å². The number of amides is 1. The van der Waals surface area contributed by atoms with E-state index < -0.39 is 0 Å². The van der Waals surface area contributed by atoms with Crippen molar-refractivity contribution in [2.45, 2.75) is 33.7 Å². The number of allylic oxidation sites excluding steroid dienone is 1. The van der Waals surface area contributed by atoms with Crippen molar-refractivity contribution in [3.8, 4) is 0 Å². The average molecular weight is 184 g/mol. The van der Waals surface area contributed by atoms with Gasteiger partial charge in [0.25, 0.3) is 5.91 Å². The van der Waals surface area contributed by atoms with E-state index in [2.05, 4.69) is 17.2 Å². The van der Waals surface area contributed by atoms with Crippen LogP contribution < -0.4 is 5.32 Å². The van der Waals surface area contributed by atoms with E-state index in [1.54, 1.807) is 13.8 Å². The highest BCUT2D eigenvalue weighted by Crippen LogP contribution is 2.05. The number of carbonyl (C=O) groups is 1. The van der Waals surface area contributed by atoms with Crippen molar-refractivity contribution >= 4 is 12.6 Å². The van der Waals surface area contributed by atoms with Crippen molar-refractivity contribution in [2.24, 2.45) is 5.16 Å². The Morgan fingerprint density at radius 2 is 2.00 bits per heavy atom. The van der Waals surface area contributed by atoms with Gasteiger partial charge in [-0.25, -0.2) is 0 Å². The molecular weight excluding hydrogens is 168 g/mol. The minimum atomic E-state index is -0.262. The van der Waals surface area contributed by atoms with Crippen molar-refractivity contribution in [3.63, 3.8) is 0 Å². The Bertz CT molecular complexity index is 228. The zero-order valence-electron chi connectivity index (χ0n) is 8.55. The van der Waals surface area contributed by atoms with Gasteiger partial charge in [-0.3, -0.25) is 4.79 Å². The standard InChI is InChI=1S/C9H16N2O2/c1-6(2)8(13-10-5)9(12)11-7(3)4/h7H,5H2,1-4H3,(H,11,12). The van der Waals surface area contributed by atoms with Crippen LogP contribution in [0.1, 0.15) is 27.7 Å².